The van der Waals surface area contributed by atoms with Gasteiger partial charge in [-0.3, -0.25) is 9.69 Å². The third kappa shape index (κ3) is 3.01. The summed E-state index contributed by atoms with van der Waals surface area (Å²) in [5, 5.41) is 0. The van der Waals surface area contributed by atoms with E-state index in [2.05, 4.69) is 11.8 Å². The van der Waals surface area contributed by atoms with Gasteiger partial charge in [0.05, 0.1) is 7.11 Å². The van der Waals surface area contributed by atoms with Crippen molar-refractivity contribution in [3.05, 3.63) is 0 Å². The number of methoxy groups -OCH3 is 1. The predicted octanol–water partition coefficient (Wildman–Crippen LogP) is 2.59. The van der Waals surface area contributed by atoms with Gasteiger partial charge in [-0.25, -0.2) is 0 Å². The van der Waals surface area contributed by atoms with Crippen molar-refractivity contribution in [1.82, 2.24) is 4.90 Å². The molecule has 0 radical (unpaired) electrons. The molecule has 2 aliphatic rings. The summed E-state index contributed by atoms with van der Waals surface area (Å²) in [6, 6.07) is 0.655. The minimum atomic E-state index is -0.0247. The Morgan fingerprint density at radius 3 is 2.47 bits per heavy atom. The normalized spacial score (nSPS) is 35.5. The first-order valence-electron chi connectivity index (χ1n) is 7.06. The van der Waals surface area contributed by atoms with Crippen molar-refractivity contribution in [3.8, 4) is 0 Å². The molecule has 0 aromatic heterocycles. The van der Waals surface area contributed by atoms with Crippen LogP contribution in [0.2, 0.25) is 0 Å². The second kappa shape index (κ2) is 5.85. The summed E-state index contributed by atoms with van der Waals surface area (Å²) in [5.74, 6) is 0.843. The van der Waals surface area contributed by atoms with Crippen molar-refractivity contribution >= 4 is 5.97 Å². The molecule has 0 bridgehead atoms. The molecule has 0 amide bonds. The van der Waals surface area contributed by atoms with Crippen LogP contribution >= 0.6 is 0 Å². The van der Waals surface area contributed by atoms with Crippen molar-refractivity contribution in [3.63, 3.8) is 0 Å². The van der Waals surface area contributed by atoms with Crippen LogP contribution in [0.3, 0.4) is 0 Å². The van der Waals surface area contributed by atoms with Gasteiger partial charge in [-0.2, -0.15) is 0 Å². The van der Waals surface area contributed by atoms with Gasteiger partial charge in [0.2, 0.25) is 0 Å². The quantitative estimate of drug-likeness (QED) is 0.694. The second-order valence-corrected chi connectivity index (χ2v) is 5.69. The van der Waals surface area contributed by atoms with Gasteiger partial charge in [0.15, 0.2) is 0 Å². The van der Waals surface area contributed by atoms with Crippen LogP contribution in [0.15, 0.2) is 0 Å². The third-order valence-corrected chi connectivity index (χ3v) is 4.47. The van der Waals surface area contributed by atoms with Crippen LogP contribution in [-0.4, -0.2) is 36.6 Å². The van der Waals surface area contributed by atoms with Crippen LogP contribution in [0.4, 0.5) is 0 Å². The fourth-order valence-corrected chi connectivity index (χ4v) is 3.35. The number of nitrogens with zero attached hydrogens (tertiary/aromatic N) is 1. The highest BCUT2D eigenvalue weighted by Gasteiger charge is 2.35. The summed E-state index contributed by atoms with van der Waals surface area (Å²) in [6.07, 6.45) is 8.53. The van der Waals surface area contributed by atoms with Gasteiger partial charge in [0, 0.05) is 6.04 Å². The van der Waals surface area contributed by atoms with Crippen molar-refractivity contribution in [2.24, 2.45) is 5.92 Å². The van der Waals surface area contributed by atoms with Crippen molar-refractivity contribution in [1.29, 1.82) is 0 Å². The Morgan fingerprint density at radius 1 is 1.12 bits per heavy atom. The topological polar surface area (TPSA) is 29.5 Å². The molecular formula is C14H25NO2. The lowest BCUT2D eigenvalue weighted by molar-refractivity contribution is -0.150. The van der Waals surface area contributed by atoms with Gasteiger partial charge in [-0.05, 0) is 51.0 Å². The number of piperidine rings is 1. The molecule has 1 saturated carbocycles. The maximum atomic E-state index is 11.8. The molecule has 3 heteroatoms. The number of hydrogen-bond donors (Lipinski definition) is 0. The number of esters is 1. The lowest BCUT2D eigenvalue weighted by Gasteiger charge is -2.42. The first kappa shape index (κ1) is 12.9. The highest BCUT2D eigenvalue weighted by molar-refractivity contribution is 5.75. The Hall–Kier alpha value is -0.570. The summed E-state index contributed by atoms with van der Waals surface area (Å²) in [7, 11) is 1.51. The monoisotopic (exact) mass is 239 g/mol. The molecule has 1 aliphatic carbocycles. The SMILES string of the molecule is COC(=O)[C@H]1CCCCN1C1CCC(C)CC1. The van der Waals surface area contributed by atoms with E-state index in [1.165, 1.54) is 45.6 Å². The fourth-order valence-electron chi connectivity index (χ4n) is 3.35. The Morgan fingerprint density at radius 2 is 1.82 bits per heavy atom. The van der Waals surface area contributed by atoms with E-state index in [1.807, 2.05) is 0 Å². The largest absolute Gasteiger partial charge is 0.468 e. The lowest BCUT2D eigenvalue weighted by Crippen LogP contribution is -2.51. The second-order valence-electron chi connectivity index (χ2n) is 5.69. The van der Waals surface area contributed by atoms with E-state index < -0.39 is 0 Å². The van der Waals surface area contributed by atoms with E-state index in [0.29, 0.717) is 6.04 Å². The molecule has 1 heterocycles. The van der Waals surface area contributed by atoms with E-state index >= 15 is 0 Å². The van der Waals surface area contributed by atoms with Crippen LogP contribution in [0.25, 0.3) is 0 Å². The summed E-state index contributed by atoms with van der Waals surface area (Å²) >= 11 is 0. The zero-order valence-corrected chi connectivity index (χ0v) is 11.2. The zero-order chi connectivity index (χ0) is 12.3. The number of carbonyl (C=O) groups excluding carboxylic acids is 1. The van der Waals surface area contributed by atoms with E-state index in [0.717, 1.165) is 18.9 Å². The molecule has 1 aliphatic heterocycles. The van der Waals surface area contributed by atoms with Crippen molar-refractivity contribution < 1.29 is 9.53 Å². The summed E-state index contributed by atoms with van der Waals surface area (Å²) in [4.78, 5) is 14.3. The smallest absolute Gasteiger partial charge is 0.323 e. The molecule has 0 unspecified atom stereocenters. The average Bonchev–Trinajstić information content (AvgIpc) is 2.39. The Bertz CT molecular complexity index is 259. The van der Waals surface area contributed by atoms with Gasteiger partial charge in [0.1, 0.15) is 6.04 Å². The first-order chi connectivity index (χ1) is 8.22. The number of likely N-dealkylation sites (tertiary alicyclic amines) is 1. The number of carbonyl (C=O) groups is 1. The molecule has 3 nitrogen and oxygen atoms in total. The molecule has 2 rings (SSSR count). The summed E-state index contributed by atoms with van der Waals surface area (Å²) in [6.45, 7) is 3.42. The predicted molar refractivity (Wildman–Crippen MR) is 67.8 cm³/mol. The molecule has 0 spiro atoms. The molecular weight excluding hydrogens is 214 g/mol. The summed E-state index contributed by atoms with van der Waals surface area (Å²) in [5.41, 5.74) is 0. The Kier molecular flexibility index (Phi) is 4.43. The Balaban J connectivity index is 1.98. The minimum Gasteiger partial charge on any atom is -0.468 e. The van der Waals surface area contributed by atoms with Gasteiger partial charge in [-0.15, -0.1) is 0 Å². The van der Waals surface area contributed by atoms with E-state index in [9.17, 15) is 4.79 Å². The molecule has 1 atom stereocenters. The molecule has 2 fully saturated rings. The molecule has 0 aromatic carbocycles. The van der Waals surface area contributed by atoms with E-state index in [4.69, 9.17) is 4.74 Å². The lowest BCUT2D eigenvalue weighted by atomic mass is 9.85. The molecule has 98 valence electrons. The van der Waals surface area contributed by atoms with Crippen LogP contribution in [-0.2, 0) is 9.53 Å². The molecule has 1 saturated heterocycles. The van der Waals surface area contributed by atoms with Crippen molar-refractivity contribution in [2.75, 3.05) is 13.7 Å². The highest BCUT2D eigenvalue weighted by atomic mass is 16.5. The molecule has 0 N–H and O–H groups in total. The maximum Gasteiger partial charge on any atom is 0.323 e. The highest BCUT2D eigenvalue weighted by Crippen LogP contribution is 2.31. The molecule has 17 heavy (non-hydrogen) atoms. The van der Waals surface area contributed by atoms with Crippen LogP contribution in [0.5, 0.6) is 0 Å². The van der Waals surface area contributed by atoms with Crippen molar-refractivity contribution in [2.45, 2.75) is 64.0 Å². The van der Waals surface area contributed by atoms with E-state index in [1.54, 1.807) is 0 Å². The Labute approximate surface area is 105 Å². The number of hydrogen-bond acceptors (Lipinski definition) is 3. The van der Waals surface area contributed by atoms with Gasteiger partial charge in [0.25, 0.3) is 0 Å². The van der Waals surface area contributed by atoms with Gasteiger partial charge >= 0.3 is 5.97 Å². The average molecular weight is 239 g/mol. The van der Waals surface area contributed by atoms with E-state index in [-0.39, 0.29) is 12.0 Å². The van der Waals surface area contributed by atoms with Crippen LogP contribution in [0, 0.1) is 5.92 Å². The minimum absolute atomic E-state index is 0.0247. The molecule has 0 aromatic rings. The third-order valence-electron chi connectivity index (χ3n) is 4.47. The van der Waals surface area contributed by atoms with Crippen LogP contribution < -0.4 is 0 Å². The fraction of sp³-hybridized carbons (Fsp3) is 0.929. The first-order valence-corrected chi connectivity index (χ1v) is 7.06. The van der Waals surface area contributed by atoms with Gasteiger partial charge in [-0.1, -0.05) is 13.3 Å². The summed E-state index contributed by atoms with van der Waals surface area (Å²) < 4.78 is 4.95. The number of rotatable bonds is 2. The number of ether oxygens (including phenoxy) is 1. The zero-order valence-electron chi connectivity index (χ0n) is 11.2. The van der Waals surface area contributed by atoms with Gasteiger partial charge < -0.3 is 4.74 Å². The standard InChI is InChI=1S/C14H25NO2/c1-11-6-8-12(9-7-11)15-10-4-3-5-13(15)14(16)17-2/h11-13H,3-10H2,1-2H3/t11?,12?,13-/m1/s1. The van der Waals surface area contributed by atoms with Crippen LogP contribution in [0.1, 0.15) is 51.9 Å². The maximum absolute atomic E-state index is 11.8.